The van der Waals surface area contributed by atoms with Crippen LogP contribution < -0.4 is 4.74 Å². The van der Waals surface area contributed by atoms with Gasteiger partial charge in [-0.2, -0.15) is 0 Å². The molecule has 0 saturated carbocycles. The topological polar surface area (TPSA) is 46.5 Å². The number of rotatable bonds is 4. The van der Waals surface area contributed by atoms with Gasteiger partial charge in [-0.25, -0.2) is 4.79 Å². The molecule has 2 aromatic carbocycles. The van der Waals surface area contributed by atoms with Crippen LogP contribution in [0.1, 0.15) is 5.56 Å². The van der Waals surface area contributed by atoms with Crippen LogP contribution in [0.5, 0.6) is 5.75 Å². The van der Waals surface area contributed by atoms with Crippen LogP contribution in [-0.4, -0.2) is 11.1 Å². The molecule has 102 valence electrons. The quantitative estimate of drug-likeness (QED) is 0.668. The maximum Gasteiger partial charge on any atom is 0.371 e. The van der Waals surface area contributed by atoms with Crippen molar-refractivity contribution in [3.63, 3.8) is 0 Å². The number of carboxylic acids is 1. The summed E-state index contributed by atoms with van der Waals surface area (Å²) in [7, 11) is 0. The molecule has 1 N–H and O–H groups in total. The Hall–Kier alpha value is -1.97. The van der Waals surface area contributed by atoms with Gasteiger partial charge in [-0.05, 0) is 48.0 Å². The van der Waals surface area contributed by atoms with Gasteiger partial charge in [-0.3, -0.25) is 0 Å². The van der Waals surface area contributed by atoms with E-state index >= 15 is 0 Å². The Morgan fingerprint density at radius 1 is 0.950 bits per heavy atom. The van der Waals surface area contributed by atoms with Crippen molar-refractivity contribution >= 4 is 35.2 Å². The second-order valence-corrected chi connectivity index (χ2v) is 4.79. The molecule has 2 aromatic rings. The highest BCUT2D eigenvalue weighted by atomic mass is 35.5. The summed E-state index contributed by atoms with van der Waals surface area (Å²) < 4.78 is 5.34. The summed E-state index contributed by atoms with van der Waals surface area (Å²) in [6.07, 6.45) is 1.42. The molecule has 0 aliphatic rings. The standard InChI is InChI=1S/C15H10Cl2O3/c16-11-3-1-10(2-4-11)9-14(15(18)19)20-13-7-5-12(17)6-8-13/h1-9H,(H,18,19)/b14-9+. The molecular formula is C15H10Cl2O3. The molecule has 0 saturated heterocycles. The molecule has 0 aromatic heterocycles. The maximum absolute atomic E-state index is 11.2. The van der Waals surface area contributed by atoms with E-state index in [2.05, 4.69) is 0 Å². The van der Waals surface area contributed by atoms with Crippen LogP contribution in [0.15, 0.2) is 54.3 Å². The van der Waals surface area contributed by atoms with Gasteiger partial charge < -0.3 is 9.84 Å². The van der Waals surface area contributed by atoms with Gasteiger partial charge in [0.15, 0.2) is 0 Å². The Morgan fingerprint density at radius 2 is 1.45 bits per heavy atom. The number of carbonyl (C=O) groups is 1. The first-order valence-corrected chi connectivity index (χ1v) is 6.44. The minimum atomic E-state index is -1.16. The zero-order valence-corrected chi connectivity index (χ0v) is 11.7. The predicted octanol–water partition coefficient (Wildman–Crippen LogP) is 4.50. The van der Waals surface area contributed by atoms with Gasteiger partial charge in [0.2, 0.25) is 5.76 Å². The van der Waals surface area contributed by atoms with Gasteiger partial charge in [0, 0.05) is 10.0 Å². The molecule has 0 aliphatic carbocycles. The van der Waals surface area contributed by atoms with Gasteiger partial charge in [0.05, 0.1) is 0 Å². The van der Waals surface area contributed by atoms with Crippen LogP contribution in [-0.2, 0) is 4.79 Å². The third-order valence-electron chi connectivity index (χ3n) is 2.42. The lowest BCUT2D eigenvalue weighted by atomic mass is 10.2. The molecule has 0 radical (unpaired) electrons. The van der Waals surface area contributed by atoms with E-state index in [1.165, 1.54) is 6.08 Å². The summed E-state index contributed by atoms with van der Waals surface area (Å²) in [6.45, 7) is 0. The first kappa shape index (κ1) is 14.4. The van der Waals surface area contributed by atoms with E-state index in [0.717, 1.165) is 0 Å². The maximum atomic E-state index is 11.2. The van der Waals surface area contributed by atoms with Crippen molar-refractivity contribution < 1.29 is 14.6 Å². The Morgan fingerprint density at radius 3 is 1.95 bits per heavy atom. The van der Waals surface area contributed by atoms with E-state index in [0.29, 0.717) is 21.4 Å². The highest BCUT2D eigenvalue weighted by Crippen LogP contribution is 2.19. The Balaban J connectivity index is 2.25. The Labute approximate surface area is 126 Å². The normalized spacial score (nSPS) is 11.2. The average Bonchev–Trinajstić information content (AvgIpc) is 2.42. The van der Waals surface area contributed by atoms with E-state index in [9.17, 15) is 4.79 Å². The summed E-state index contributed by atoms with van der Waals surface area (Å²) >= 11 is 11.5. The summed E-state index contributed by atoms with van der Waals surface area (Å²) in [5.74, 6) is -0.943. The second-order valence-electron chi connectivity index (χ2n) is 3.92. The monoisotopic (exact) mass is 308 g/mol. The number of hydrogen-bond acceptors (Lipinski definition) is 2. The van der Waals surface area contributed by atoms with Crippen LogP contribution in [0.25, 0.3) is 6.08 Å². The van der Waals surface area contributed by atoms with Crippen molar-refractivity contribution in [3.05, 3.63) is 69.9 Å². The SMILES string of the molecule is O=C(O)/C(=C\c1ccc(Cl)cc1)Oc1ccc(Cl)cc1. The lowest BCUT2D eigenvalue weighted by Gasteiger charge is -2.06. The van der Waals surface area contributed by atoms with Crippen molar-refractivity contribution in [1.29, 1.82) is 0 Å². The first-order chi connectivity index (χ1) is 9.54. The van der Waals surface area contributed by atoms with E-state index in [1.54, 1.807) is 48.5 Å². The lowest BCUT2D eigenvalue weighted by Crippen LogP contribution is -2.07. The number of hydrogen-bond donors (Lipinski definition) is 1. The van der Waals surface area contributed by atoms with Gasteiger partial charge in [-0.15, -0.1) is 0 Å². The lowest BCUT2D eigenvalue weighted by molar-refractivity contribution is -0.134. The minimum Gasteiger partial charge on any atom is -0.475 e. The third kappa shape index (κ3) is 4.02. The average molecular weight is 309 g/mol. The molecule has 0 heterocycles. The van der Waals surface area contributed by atoms with E-state index in [1.807, 2.05) is 0 Å². The van der Waals surface area contributed by atoms with Gasteiger partial charge in [0.1, 0.15) is 5.75 Å². The van der Waals surface area contributed by atoms with E-state index in [-0.39, 0.29) is 5.76 Å². The molecule has 0 atom stereocenters. The van der Waals surface area contributed by atoms with Gasteiger partial charge in [0.25, 0.3) is 0 Å². The van der Waals surface area contributed by atoms with Crippen molar-refractivity contribution in [1.82, 2.24) is 0 Å². The highest BCUT2D eigenvalue weighted by molar-refractivity contribution is 6.30. The summed E-state index contributed by atoms with van der Waals surface area (Å²) in [4.78, 5) is 11.2. The highest BCUT2D eigenvalue weighted by Gasteiger charge is 2.10. The molecule has 0 unspecified atom stereocenters. The molecule has 0 spiro atoms. The smallest absolute Gasteiger partial charge is 0.371 e. The van der Waals surface area contributed by atoms with Crippen molar-refractivity contribution in [3.8, 4) is 5.75 Å². The number of ether oxygens (including phenoxy) is 1. The molecule has 0 amide bonds. The molecule has 0 fully saturated rings. The second kappa shape index (κ2) is 6.46. The molecule has 20 heavy (non-hydrogen) atoms. The molecular weight excluding hydrogens is 299 g/mol. The fraction of sp³-hybridized carbons (Fsp3) is 0. The number of carboxylic acid groups (broad SMARTS) is 1. The molecule has 3 nitrogen and oxygen atoms in total. The minimum absolute atomic E-state index is 0.186. The molecule has 0 aliphatic heterocycles. The summed E-state index contributed by atoms with van der Waals surface area (Å²) in [6, 6.07) is 13.2. The molecule has 5 heteroatoms. The van der Waals surface area contributed by atoms with Crippen molar-refractivity contribution in [2.24, 2.45) is 0 Å². The molecule has 2 rings (SSSR count). The first-order valence-electron chi connectivity index (χ1n) is 5.68. The number of benzene rings is 2. The largest absolute Gasteiger partial charge is 0.475 e. The van der Waals surface area contributed by atoms with Crippen LogP contribution >= 0.6 is 23.2 Å². The summed E-state index contributed by atoms with van der Waals surface area (Å²) in [5, 5.41) is 10.3. The van der Waals surface area contributed by atoms with Crippen LogP contribution in [0, 0.1) is 0 Å². The van der Waals surface area contributed by atoms with E-state index < -0.39 is 5.97 Å². The molecule has 0 bridgehead atoms. The number of halogens is 2. The fourth-order valence-electron chi connectivity index (χ4n) is 1.47. The Kier molecular flexibility index (Phi) is 4.66. The fourth-order valence-corrected chi connectivity index (χ4v) is 1.73. The Bertz CT molecular complexity index is 631. The summed E-state index contributed by atoms with van der Waals surface area (Å²) in [5.41, 5.74) is 0.681. The zero-order chi connectivity index (χ0) is 14.5. The number of aliphatic carboxylic acids is 1. The van der Waals surface area contributed by atoms with Crippen molar-refractivity contribution in [2.75, 3.05) is 0 Å². The van der Waals surface area contributed by atoms with Crippen LogP contribution in [0.2, 0.25) is 10.0 Å². The third-order valence-corrected chi connectivity index (χ3v) is 2.92. The van der Waals surface area contributed by atoms with Crippen LogP contribution in [0.3, 0.4) is 0 Å². The van der Waals surface area contributed by atoms with Gasteiger partial charge >= 0.3 is 5.97 Å². The van der Waals surface area contributed by atoms with Gasteiger partial charge in [-0.1, -0.05) is 35.3 Å². The van der Waals surface area contributed by atoms with E-state index in [4.69, 9.17) is 33.0 Å². The van der Waals surface area contributed by atoms with Crippen molar-refractivity contribution in [2.45, 2.75) is 0 Å². The van der Waals surface area contributed by atoms with Crippen LogP contribution in [0.4, 0.5) is 0 Å². The predicted molar refractivity (Wildman–Crippen MR) is 79.1 cm³/mol. The zero-order valence-electron chi connectivity index (χ0n) is 10.2.